The van der Waals surface area contributed by atoms with Gasteiger partial charge in [0.05, 0.1) is 79.0 Å². The fourth-order valence-electron chi connectivity index (χ4n) is 11.1. The molecule has 0 amide bonds. The number of hydrogen-bond acceptors (Lipinski definition) is 5. The van der Waals surface area contributed by atoms with E-state index in [9.17, 15) is 15.8 Å². The van der Waals surface area contributed by atoms with Crippen molar-refractivity contribution in [1.29, 1.82) is 15.8 Å². The molecule has 0 radical (unpaired) electrons. The molecule has 14 rings (SSSR count). The highest BCUT2D eigenvalue weighted by atomic mass is 15.0. The molecule has 10 aromatic carbocycles. The molecule has 0 unspecified atom stereocenters. The van der Waals surface area contributed by atoms with Gasteiger partial charge >= 0.3 is 0 Å². The zero-order valence-electron chi connectivity index (χ0n) is 40.0. The molecule has 4 heterocycles. The van der Waals surface area contributed by atoms with Gasteiger partial charge in [-0.2, -0.15) is 15.8 Å². The summed E-state index contributed by atoms with van der Waals surface area (Å²) < 4.78 is 6.76. The van der Waals surface area contributed by atoms with E-state index in [1.54, 1.807) is 0 Å². The second-order valence-corrected chi connectivity index (χ2v) is 18.7. The Kier molecular flexibility index (Phi) is 9.85. The number of fused-ring (bicyclic) bond motifs is 9. The third-order valence-electron chi connectivity index (χ3n) is 14.6. The SMILES string of the molecule is N#Cc1ccc2c(c1)c1ccccc1n2-c1ccc2c(c1)c1cc(-n3c4ccccc4c4cc(C#N)ccc43)ccc1n2-c1ccc(-c2ccc(-c3cc(-c4ccccc4)nc(-c4ccccc4)n3)cc2)cc1C#N. The monoisotopic (exact) mass is 954 g/mol. The molecule has 4 aromatic heterocycles. The number of nitriles is 3. The zero-order chi connectivity index (χ0) is 50.1. The molecule has 0 saturated heterocycles. The summed E-state index contributed by atoms with van der Waals surface area (Å²) in [6.45, 7) is 0. The van der Waals surface area contributed by atoms with E-state index in [2.05, 4.69) is 141 Å². The van der Waals surface area contributed by atoms with Crippen LogP contribution >= 0.6 is 0 Å². The Hall–Kier alpha value is -10.9. The molecule has 0 atom stereocenters. The molecule has 0 aliphatic rings. The smallest absolute Gasteiger partial charge is 0.160 e. The molecule has 8 nitrogen and oxygen atoms in total. The van der Waals surface area contributed by atoms with E-state index >= 15 is 0 Å². The van der Waals surface area contributed by atoms with E-state index in [4.69, 9.17) is 9.97 Å². The minimum absolute atomic E-state index is 0.533. The number of hydrogen-bond donors (Lipinski definition) is 0. The maximum atomic E-state index is 11.1. The fraction of sp³-hybridized carbons (Fsp3) is 0. The summed E-state index contributed by atoms with van der Waals surface area (Å²) in [4.78, 5) is 10.0. The first-order chi connectivity index (χ1) is 37.0. The van der Waals surface area contributed by atoms with Crippen LogP contribution < -0.4 is 0 Å². The van der Waals surface area contributed by atoms with E-state index in [0.717, 1.165) is 122 Å². The van der Waals surface area contributed by atoms with Gasteiger partial charge in [-0.05, 0) is 114 Å². The highest BCUT2D eigenvalue weighted by Gasteiger charge is 2.21. The molecule has 346 valence electrons. The number of nitrogens with zero attached hydrogens (tertiary/aromatic N) is 8. The maximum Gasteiger partial charge on any atom is 0.160 e. The van der Waals surface area contributed by atoms with Gasteiger partial charge in [0, 0.05) is 60.4 Å². The van der Waals surface area contributed by atoms with Crippen molar-refractivity contribution >= 4 is 65.4 Å². The third-order valence-corrected chi connectivity index (χ3v) is 14.6. The normalized spacial score (nSPS) is 11.4. The highest BCUT2D eigenvalue weighted by molar-refractivity contribution is 6.14. The van der Waals surface area contributed by atoms with Crippen LogP contribution in [0.3, 0.4) is 0 Å². The summed E-state index contributed by atoms with van der Waals surface area (Å²) >= 11 is 0. The summed E-state index contributed by atoms with van der Waals surface area (Å²) in [5, 5.41) is 37.0. The first-order valence-electron chi connectivity index (χ1n) is 24.6. The van der Waals surface area contributed by atoms with Crippen molar-refractivity contribution in [2.45, 2.75) is 0 Å². The lowest BCUT2D eigenvalue weighted by Crippen LogP contribution is -1.99. The number of rotatable bonds is 7. The average Bonchev–Trinajstić information content (AvgIpc) is 4.17. The van der Waals surface area contributed by atoms with Gasteiger partial charge < -0.3 is 13.7 Å². The van der Waals surface area contributed by atoms with E-state index in [1.807, 2.05) is 121 Å². The molecule has 0 aliphatic carbocycles. The quantitative estimate of drug-likeness (QED) is 0.158. The van der Waals surface area contributed by atoms with Crippen molar-refractivity contribution in [2.75, 3.05) is 0 Å². The van der Waals surface area contributed by atoms with Crippen LogP contribution in [0.5, 0.6) is 0 Å². The van der Waals surface area contributed by atoms with E-state index < -0.39 is 0 Å². The zero-order valence-corrected chi connectivity index (χ0v) is 40.0. The molecule has 8 heteroatoms. The van der Waals surface area contributed by atoms with Crippen LogP contribution in [0, 0.1) is 34.0 Å². The lowest BCUT2D eigenvalue weighted by molar-refractivity contribution is 1.15. The van der Waals surface area contributed by atoms with Gasteiger partial charge in [-0.15, -0.1) is 0 Å². The standard InChI is InChI=1S/C67H38N8/c68-39-42-19-28-63-54(33-42)52-15-7-9-17-61(52)73(63)50-26-31-65-56(36-50)57-37-51(74-62-18-10-8-16-53(62)55-34-43(40-69)20-29-64(55)74)27-32-66(57)75(65)60-30-25-48(35-49(60)41-70)44-21-23-46(24-22-44)59-38-58(45-11-3-1-4-12-45)71-67(72-59)47-13-5-2-6-14-47/h1-38H. The number of aromatic nitrogens is 5. The molecular formula is C67H38N8. The van der Waals surface area contributed by atoms with Crippen molar-refractivity contribution in [3.05, 3.63) is 247 Å². The van der Waals surface area contributed by atoms with Crippen LogP contribution in [0.15, 0.2) is 231 Å². The highest BCUT2D eigenvalue weighted by Crippen LogP contribution is 2.41. The Morgan fingerprint density at radius 1 is 0.293 bits per heavy atom. The van der Waals surface area contributed by atoms with E-state index in [0.29, 0.717) is 22.5 Å². The fourth-order valence-corrected chi connectivity index (χ4v) is 11.1. The Labute approximate surface area is 430 Å². The van der Waals surface area contributed by atoms with E-state index in [-0.39, 0.29) is 0 Å². The van der Waals surface area contributed by atoms with Gasteiger partial charge in [0.25, 0.3) is 0 Å². The molecule has 14 aromatic rings. The Morgan fingerprint density at radius 3 is 1.25 bits per heavy atom. The van der Waals surface area contributed by atoms with Gasteiger partial charge in [-0.3, -0.25) is 0 Å². The van der Waals surface area contributed by atoms with E-state index in [1.165, 1.54) is 0 Å². The predicted octanol–water partition coefficient (Wildman–Crippen LogP) is 16.1. The van der Waals surface area contributed by atoms with Crippen LogP contribution in [0.1, 0.15) is 16.7 Å². The lowest BCUT2D eigenvalue weighted by Gasteiger charge is -2.13. The largest absolute Gasteiger partial charge is 0.309 e. The molecule has 75 heavy (non-hydrogen) atoms. The van der Waals surface area contributed by atoms with Gasteiger partial charge in [0.1, 0.15) is 6.07 Å². The molecule has 0 fully saturated rings. The van der Waals surface area contributed by atoms with Gasteiger partial charge in [0.15, 0.2) is 5.82 Å². The van der Waals surface area contributed by atoms with Crippen LogP contribution in [-0.2, 0) is 0 Å². The molecular weight excluding hydrogens is 917 g/mol. The summed E-state index contributed by atoms with van der Waals surface area (Å²) in [6, 6.07) is 85.5. The average molecular weight is 955 g/mol. The second-order valence-electron chi connectivity index (χ2n) is 18.7. The van der Waals surface area contributed by atoms with Crippen molar-refractivity contribution in [3.8, 4) is 80.3 Å². The lowest BCUT2D eigenvalue weighted by atomic mass is 9.99. The minimum Gasteiger partial charge on any atom is -0.309 e. The molecule has 0 aliphatic heterocycles. The van der Waals surface area contributed by atoms with Crippen LogP contribution in [0.2, 0.25) is 0 Å². The summed E-state index contributed by atoms with van der Waals surface area (Å²) in [5.41, 5.74) is 16.9. The van der Waals surface area contributed by atoms with Gasteiger partial charge in [0.2, 0.25) is 0 Å². The molecule has 0 saturated carbocycles. The van der Waals surface area contributed by atoms with Gasteiger partial charge in [-0.1, -0.05) is 127 Å². The van der Waals surface area contributed by atoms with Crippen molar-refractivity contribution < 1.29 is 0 Å². The van der Waals surface area contributed by atoms with Crippen molar-refractivity contribution in [1.82, 2.24) is 23.7 Å². The predicted molar refractivity (Wildman–Crippen MR) is 301 cm³/mol. The van der Waals surface area contributed by atoms with Crippen LogP contribution in [-0.4, -0.2) is 23.7 Å². The maximum absolute atomic E-state index is 11.1. The summed E-state index contributed by atoms with van der Waals surface area (Å²) in [6.07, 6.45) is 0. The molecule has 0 N–H and O–H groups in total. The first kappa shape index (κ1) is 43.0. The molecule has 0 spiro atoms. The summed E-state index contributed by atoms with van der Waals surface area (Å²) in [5.74, 6) is 0.659. The number of benzene rings is 10. The van der Waals surface area contributed by atoms with Gasteiger partial charge in [-0.25, -0.2) is 9.97 Å². The van der Waals surface area contributed by atoms with Crippen molar-refractivity contribution in [2.24, 2.45) is 0 Å². The van der Waals surface area contributed by atoms with Crippen molar-refractivity contribution in [3.63, 3.8) is 0 Å². The first-order valence-corrected chi connectivity index (χ1v) is 24.6. The topological polar surface area (TPSA) is 112 Å². The Bertz CT molecular complexity index is 4540. The molecule has 0 bridgehead atoms. The Morgan fingerprint density at radius 2 is 0.720 bits per heavy atom. The second kappa shape index (κ2) is 17.2. The summed E-state index contributed by atoms with van der Waals surface area (Å²) in [7, 11) is 0. The third kappa shape index (κ3) is 6.96. The Balaban J connectivity index is 0.926. The van der Waals surface area contributed by atoms with Crippen LogP contribution in [0.4, 0.5) is 0 Å². The van der Waals surface area contributed by atoms with Crippen LogP contribution in [0.25, 0.3) is 128 Å². The number of para-hydroxylation sites is 2. The minimum atomic E-state index is 0.533.